The molecule has 3 atom stereocenters. The molecular weight excluding hydrogens is 276 g/mol. The highest BCUT2D eigenvalue weighted by atomic mass is 14.4. The molecule has 0 aliphatic heterocycles. The summed E-state index contributed by atoms with van der Waals surface area (Å²) in [5, 5.41) is 0. The average molecular weight is 327 g/mol. The third-order valence-corrected chi connectivity index (χ3v) is 6.37. The molecule has 0 bridgehead atoms. The summed E-state index contributed by atoms with van der Waals surface area (Å²) in [6.45, 7) is 22.6. The fraction of sp³-hybridized carbons (Fsp3) is 1.00. The van der Waals surface area contributed by atoms with Crippen LogP contribution in [0.4, 0.5) is 0 Å². The third kappa shape index (κ3) is 11.2. The molecule has 0 aromatic heterocycles. The molecule has 0 aromatic carbocycles. The van der Waals surface area contributed by atoms with Gasteiger partial charge in [-0.05, 0) is 48.3 Å². The van der Waals surface area contributed by atoms with Crippen LogP contribution in [0.15, 0.2) is 0 Å². The molecule has 1 saturated carbocycles. The van der Waals surface area contributed by atoms with Gasteiger partial charge < -0.3 is 0 Å². The number of hydrogen-bond acceptors (Lipinski definition) is 0. The Morgan fingerprint density at radius 2 is 1.48 bits per heavy atom. The molecule has 0 aromatic rings. The van der Waals surface area contributed by atoms with E-state index in [0.29, 0.717) is 5.41 Å². The second kappa shape index (κ2) is 14.4. The molecule has 3 unspecified atom stereocenters. The van der Waals surface area contributed by atoms with Crippen LogP contribution in [0.25, 0.3) is 0 Å². The SMILES string of the molecule is CC.CC(C)C(C)C.CCC(C)CCCC1CCCC1(C)CC. The quantitative estimate of drug-likeness (QED) is 0.438. The summed E-state index contributed by atoms with van der Waals surface area (Å²) in [6, 6.07) is 0. The van der Waals surface area contributed by atoms with Crippen LogP contribution < -0.4 is 0 Å². The van der Waals surface area contributed by atoms with Gasteiger partial charge in [0.1, 0.15) is 0 Å². The lowest BCUT2D eigenvalue weighted by molar-refractivity contribution is 0.200. The van der Waals surface area contributed by atoms with Gasteiger partial charge in [-0.25, -0.2) is 0 Å². The highest BCUT2D eigenvalue weighted by molar-refractivity contribution is 4.87. The van der Waals surface area contributed by atoms with Crippen molar-refractivity contribution in [2.24, 2.45) is 29.1 Å². The lowest BCUT2D eigenvalue weighted by Gasteiger charge is -2.30. The summed E-state index contributed by atoms with van der Waals surface area (Å²) in [5.41, 5.74) is 0.690. The summed E-state index contributed by atoms with van der Waals surface area (Å²) in [5.74, 6) is 3.68. The van der Waals surface area contributed by atoms with Gasteiger partial charge in [-0.3, -0.25) is 0 Å². The summed E-state index contributed by atoms with van der Waals surface area (Å²) in [4.78, 5) is 0. The number of hydrogen-bond donors (Lipinski definition) is 0. The molecule has 0 amide bonds. The van der Waals surface area contributed by atoms with Crippen LogP contribution in [0.1, 0.15) is 121 Å². The zero-order valence-corrected chi connectivity index (χ0v) is 18.5. The molecular formula is C23H50. The van der Waals surface area contributed by atoms with E-state index >= 15 is 0 Å². The molecule has 142 valence electrons. The van der Waals surface area contributed by atoms with E-state index in [1.807, 2.05) is 13.8 Å². The Labute approximate surface area is 150 Å². The molecule has 0 saturated heterocycles. The van der Waals surface area contributed by atoms with Crippen LogP contribution in [0.2, 0.25) is 0 Å². The minimum absolute atomic E-state index is 0.690. The lowest BCUT2D eigenvalue weighted by atomic mass is 9.75. The maximum atomic E-state index is 2.52. The van der Waals surface area contributed by atoms with Gasteiger partial charge in [-0.1, -0.05) is 101 Å². The first-order valence-corrected chi connectivity index (χ1v) is 10.8. The summed E-state index contributed by atoms with van der Waals surface area (Å²) < 4.78 is 0. The normalized spacial score (nSPS) is 24.8. The fourth-order valence-electron chi connectivity index (χ4n) is 3.18. The van der Waals surface area contributed by atoms with Gasteiger partial charge in [0.25, 0.3) is 0 Å². The van der Waals surface area contributed by atoms with Crippen molar-refractivity contribution in [1.29, 1.82) is 0 Å². The second-order valence-corrected chi connectivity index (χ2v) is 8.53. The van der Waals surface area contributed by atoms with Gasteiger partial charge in [-0.2, -0.15) is 0 Å². The molecule has 0 nitrogen and oxygen atoms in total. The van der Waals surface area contributed by atoms with Gasteiger partial charge in [0.2, 0.25) is 0 Å². The van der Waals surface area contributed by atoms with E-state index in [9.17, 15) is 0 Å². The maximum absolute atomic E-state index is 2.52. The maximum Gasteiger partial charge on any atom is -0.0300 e. The molecule has 1 aliphatic carbocycles. The van der Waals surface area contributed by atoms with Crippen LogP contribution in [0, 0.1) is 29.1 Å². The molecule has 1 fully saturated rings. The Kier molecular flexibility index (Phi) is 15.8. The summed E-state index contributed by atoms with van der Waals surface area (Å²) in [6.07, 6.45) is 11.6. The highest BCUT2D eigenvalue weighted by Crippen LogP contribution is 2.47. The minimum Gasteiger partial charge on any atom is -0.0683 e. The molecule has 0 spiro atoms. The van der Waals surface area contributed by atoms with E-state index in [4.69, 9.17) is 0 Å². The zero-order chi connectivity index (χ0) is 18.5. The Morgan fingerprint density at radius 1 is 0.957 bits per heavy atom. The first kappa shape index (κ1) is 25.2. The molecule has 0 radical (unpaired) electrons. The average Bonchev–Trinajstić information content (AvgIpc) is 2.91. The lowest BCUT2D eigenvalue weighted by Crippen LogP contribution is -2.20. The predicted octanol–water partition coefficient (Wildman–Crippen LogP) is 8.74. The van der Waals surface area contributed by atoms with E-state index in [1.165, 1.54) is 51.4 Å². The topological polar surface area (TPSA) is 0 Å². The van der Waals surface area contributed by atoms with Gasteiger partial charge in [0, 0.05) is 0 Å². The van der Waals surface area contributed by atoms with Crippen molar-refractivity contribution in [3.8, 4) is 0 Å². The van der Waals surface area contributed by atoms with Crippen molar-refractivity contribution in [2.75, 3.05) is 0 Å². The Bertz CT molecular complexity index is 234. The minimum atomic E-state index is 0.690. The van der Waals surface area contributed by atoms with Crippen LogP contribution >= 0.6 is 0 Å². The summed E-state index contributed by atoms with van der Waals surface area (Å²) >= 11 is 0. The van der Waals surface area contributed by atoms with E-state index < -0.39 is 0 Å². The predicted molar refractivity (Wildman–Crippen MR) is 110 cm³/mol. The molecule has 1 aliphatic rings. The van der Waals surface area contributed by atoms with Crippen molar-refractivity contribution < 1.29 is 0 Å². The van der Waals surface area contributed by atoms with Crippen molar-refractivity contribution in [2.45, 2.75) is 121 Å². The van der Waals surface area contributed by atoms with Gasteiger partial charge in [0.15, 0.2) is 0 Å². The van der Waals surface area contributed by atoms with E-state index in [0.717, 1.165) is 23.7 Å². The third-order valence-electron chi connectivity index (χ3n) is 6.37. The Balaban J connectivity index is 0. The van der Waals surface area contributed by atoms with Crippen molar-refractivity contribution in [3.63, 3.8) is 0 Å². The zero-order valence-electron chi connectivity index (χ0n) is 18.5. The molecule has 1 rings (SSSR count). The van der Waals surface area contributed by atoms with Crippen LogP contribution in [-0.4, -0.2) is 0 Å². The van der Waals surface area contributed by atoms with Gasteiger partial charge in [0.05, 0.1) is 0 Å². The first-order valence-electron chi connectivity index (χ1n) is 10.8. The van der Waals surface area contributed by atoms with Gasteiger partial charge >= 0.3 is 0 Å². The van der Waals surface area contributed by atoms with E-state index in [-0.39, 0.29) is 0 Å². The Hall–Kier alpha value is 0. The molecule has 0 N–H and O–H groups in total. The first-order chi connectivity index (χ1) is 10.8. The van der Waals surface area contributed by atoms with Crippen LogP contribution in [-0.2, 0) is 0 Å². The van der Waals surface area contributed by atoms with Gasteiger partial charge in [-0.15, -0.1) is 0 Å². The monoisotopic (exact) mass is 326 g/mol. The largest absolute Gasteiger partial charge is 0.0683 e. The molecule has 0 heterocycles. The summed E-state index contributed by atoms with van der Waals surface area (Å²) in [7, 11) is 0. The number of rotatable bonds is 7. The van der Waals surface area contributed by atoms with Crippen LogP contribution in [0.5, 0.6) is 0 Å². The second-order valence-electron chi connectivity index (χ2n) is 8.53. The van der Waals surface area contributed by atoms with Crippen molar-refractivity contribution in [1.82, 2.24) is 0 Å². The Morgan fingerprint density at radius 3 is 1.87 bits per heavy atom. The van der Waals surface area contributed by atoms with Crippen molar-refractivity contribution >= 4 is 0 Å². The smallest absolute Gasteiger partial charge is 0.0300 e. The van der Waals surface area contributed by atoms with Crippen molar-refractivity contribution in [3.05, 3.63) is 0 Å². The molecule has 0 heteroatoms. The highest BCUT2D eigenvalue weighted by Gasteiger charge is 2.36. The standard InChI is InChI=1S/C15H30.C6H14.C2H6/c1-5-13(3)9-7-10-14-11-8-12-15(14,4)6-2;1-5(2)6(3)4;1-2/h13-14H,5-12H2,1-4H3;5-6H,1-4H3;1-2H3. The van der Waals surface area contributed by atoms with Crippen LogP contribution in [0.3, 0.4) is 0 Å². The molecule has 23 heavy (non-hydrogen) atoms. The van der Waals surface area contributed by atoms with E-state index in [1.54, 1.807) is 0 Å². The van der Waals surface area contributed by atoms with E-state index in [2.05, 4.69) is 55.4 Å². The fourth-order valence-corrected chi connectivity index (χ4v) is 3.18.